The first kappa shape index (κ1) is 15.5. The van der Waals surface area contributed by atoms with Crippen molar-refractivity contribution >= 4 is 11.6 Å². The maximum Gasteiger partial charge on any atom is 0.420 e. The Morgan fingerprint density at radius 1 is 1.33 bits per heavy atom. The van der Waals surface area contributed by atoms with Gasteiger partial charge in [0.25, 0.3) is 5.91 Å². The van der Waals surface area contributed by atoms with Crippen molar-refractivity contribution < 1.29 is 22.7 Å². The molecule has 1 saturated carbocycles. The molecule has 0 aromatic heterocycles. The summed E-state index contributed by atoms with van der Waals surface area (Å²) >= 11 is 0. The second-order valence-electron chi connectivity index (χ2n) is 5.09. The summed E-state index contributed by atoms with van der Waals surface area (Å²) in [5.74, 6) is -0.801. The van der Waals surface area contributed by atoms with Crippen molar-refractivity contribution in [1.29, 1.82) is 0 Å². The molecule has 1 aliphatic carbocycles. The third-order valence-electron chi connectivity index (χ3n) is 3.39. The van der Waals surface area contributed by atoms with Crippen molar-refractivity contribution in [1.82, 2.24) is 5.32 Å². The van der Waals surface area contributed by atoms with E-state index < -0.39 is 30.0 Å². The third-order valence-corrected chi connectivity index (χ3v) is 3.39. The van der Waals surface area contributed by atoms with Crippen LogP contribution in [0.4, 0.5) is 18.9 Å². The van der Waals surface area contributed by atoms with E-state index >= 15 is 0 Å². The van der Waals surface area contributed by atoms with Gasteiger partial charge in [-0.15, -0.1) is 0 Å². The van der Waals surface area contributed by atoms with Gasteiger partial charge < -0.3 is 15.8 Å². The van der Waals surface area contributed by atoms with Crippen LogP contribution in [0.25, 0.3) is 0 Å². The second kappa shape index (κ2) is 6.24. The molecule has 2 rings (SSSR count). The number of rotatable bonds is 4. The van der Waals surface area contributed by atoms with E-state index in [1.165, 1.54) is 6.07 Å². The minimum absolute atomic E-state index is 0.00918. The summed E-state index contributed by atoms with van der Waals surface area (Å²) in [5, 5.41) is 2.75. The summed E-state index contributed by atoms with van der Waals surface area (Å²) in [5.41, 5.74) is 4.37. The quantitative estimate of drug-likeness (QED) is 0.841. The van der Waals surface area contributed by atoms with Gasteiger partial charge in [0.15, 0.2) is 6.61 Å². The lowest BCUT2D eigenvalue weighted by Gasteiger charge is -2.16. The molecule has 0 aliphatic heterocycles. The Balaban J connectivity index is 1.97. The summed E-state index contributed by atoms with van der Waals surface area (Å²) in [6.07, 6.45) is -0.653. The molecular formula is C14H17F3N2O2. The topological polar surface area (TPSA) is 64.3 Å². The van der Waals surface area contributed by atoms with Crippen LogP contribution in [-0.2, 0) is 11.0 Å². The number of hydrogen-bond acceptors (Lipinski definition) is 3. The fraction of sp³-hybridized carbons (Fsp3) is 0.500. The van der Waals surface area contributed by atoms with E-state index in [9.17, 15) is 18.0 Å². The SMILES string of the molecule is Nc1ccc(OCC(=O)NC2CCCC2)c(C(F)(F)F)c1. The Bertz CT molecular complexity index is 511. The van der Waals surface area contributed by atoms with Gasteiger partial charge in [0, 0.05) is 11.7 Å². The lowest BCUT2D eigenvalue weighted by Crippen LogP contribution is -2.36. The van der Waals surface area contributed by atoms with Gasteiger partial charge in [-0.25, -0.2) is 0 Å². The maximum atomic E-state index is 12.8. The van der Waals surface area contributed by atoms with Crippen LogP contribution in [0.1, 0.15) is 31.2 Å². The van der Waals surface area contributed by atoms with Gasteiger partial charge >= 0.3 is 6.18 Å². The predicted octanol–water partition coefficient (Wildman–Crippen LogP) is 2.73. The van der Waals surface area contributed by atoms with Crippen molar-refractivity contribution in [2.24, 2.45) is 0 Å². The molecule has 0 unspecified atom stereocenters. The van der Waals surface area contributed by atoms with Crippen LogP contribution in [0, 0.1) is 0 Å². The first-order valence-corrected chi connectivity index (χ1v) is 6.75. The summed E-state index contributed by atoms with van der Waals surface area (Å²) < 4.78 is 43.5. The number of alkyl halides is 3. The first-order chi connectivity index (χ1) is 9.86. The molecule has 0 radical (unpaired) electrons. The Hall–Kier alpha value is -1.92. The number of halogens is 3. The minimum atomic E-state index is -4.58. The molecular weight excluding hydrogens is 285 g/mol. The number of ether oxygens (including phenoxy) is 1. The summed E-state index contributed by atoms with van der Waals surface area (Å²) in [7, 11) is 0. The van der Waals surface area contributed by atoms with Crippen LogP contribution >= 0.6 is 0 Å². The number of amides is 1. The number of nitrogens with one attached hydrogen (secondary N) is 1. The molecule has 0 heterocycles. The Kier molecular flexibility index (Phi) is 4.59. The van der Waals surface area contributed by atoms with E-state index in [1.807, 2.05) is 0 Å². The molecule has 0 atom stereocenters. The smallest absolute Gasteiger partial charge is 0.420 e. The number of benzene rings is 1. The second-order valence-corrected chi connectivity index (χ2v) is 5.09. The molecule has 1 aromatic carbocycles. The molecule has 1 aliphatic rings. The molecule has 1 amide bonds. The summed E-state index contributed by atoms with van der Waals surface area (Å²) in [4.78, 5) is 11.7. The molecule has 3 N–H and O–H groups in total. The number of carbonyl (C=O) groups excluding carboxylic acids is 1. The van der Waals surface area contributed by atoms with Gasteiger partial charge in [0.2, 0.25) is 0 Å². The van der Waals surface area contributed by atoms with E-state index in [4.69, 9.17) is 10.5 Å². The highest BCUT2D eigenvalue weighted by atomic mass is 19.4. The van der Waals surface area contributed by atoms with Crippen LogP contribution in [0.3, 0.4) is 0 Å². The van der Waals surface area contributed by atoms with Gasteiger partial charge in [-0.2, -0.15) is 13.2 Å². The van der Waals surface area contributed by atoms with Crippen molar-refractivity contribution in [3.8, 4) is 5.75 Å². The largest absolute Gasteiger partial charge is 0.483 e. The van der Waals surface area contributed by atoms with Crippen LogP contribution in [0.5, 0.6) is 5.75 Å². The zero-order valence-electron chi connectivity index (χ0n) is 11.4. The zero-order valence-corrected chi connectivity index (χ0v) is 11.4. The fourth-order valence-electron chi connectivity index (χ4n) is 2.38. The average molecular weight is 302 g/mol. The summed E-state index contributed by atoms with van der Waals surface area (Å²) in [6, 6.07) is 3.33. The Morgan fingerprint density at radius 2 is 2.00 bits per heavy atom. The van der Waals surface area contributed by atoms with E-state index in [0.717, 1.165) is 37.8 Å². The maximum absolute atomic E-state index is 12.8. The van der Waals surface area contributed by atoms with Gasteiger partial charge in [-0.05, 0) is 31.0 Å². The van der Waals surface area contributed by atoms with E-state index in [1.54, 1.807) is 0 Å². The fourth-order valence-corrected chi connectivity index (χ4v) is 2.38. The number of hydrogen-bond donors (Lipinski definition) is 2. The molecule has 0 spiro atoms. The van der Waals surface area contributed by atoms with Crippen molar-refractivity contribution in [3.05, 3.63) is 23.8 Å². The lowest BCUT2D eigenvalue weighted by atomic mass is 10.1. The third kappa shape index (κ3) is 4.27. The zero-order chi connectivity index (χ0) is 15.5. The monoisotopic (exact) mass is 302 g/mol. The number of nitrogen functional groups attached to an aromatic ring is 1. The molecule has 21 heavy (non-hydrogen) atoms. The molecule has 4 nitrogen and oxygen atoms in total. The van der Waals surface area contributed by atoms with Crippen LogP contribution < -0.4 is 15.8 Å². The van der Waals surface area contributed by atoms with Crippen LogP contribution in [0.15, 0.2) is 18.2 Å². The molecule has 1 fully saturated rings. The van der Waals surface area contributed by atoms with E-state index in [0.29, 0.717) is 0 Å². The Labute approximate surface area is 120 Å². The Morgan fingerprint density at radius 3 is 2.62 bits per heavy atom. The normalized spacial score (nSPS) is 16.0. The highest BCUT2D eigenvalue weighted by Crippen LogP contribution is 2.37. The highest BCUT2D eigenvalue weighted by molar-refractivity contribution is 5.78. The number of anilines is 1. The molecule has 0 saturated heterocycles. The van der Waals surface area contributed by atoms with E-state index in [-0.39, 0.29) is 11.7 Å². The van der Waals surface area contributed by atoms with Crippen LogP contribution in [0.2, 0.25) is 0 Å². The molecule has 116 valence electrons. The number of nitrogens with two attached hydrogens (primary N) is 1. The molecule has 7 heteroatoms. The van der Waals surface area contributed by atoms with E-state index in [2.05, 4.69) is 5.32 Å². The minimum Gasteiger partial charge on any atom is -0.483 e. The summed E-state index contributed by atoms with van der Waals surface area (Å²) in [6.45, 7) is -0.441. The van der Waals surface area contributed by atoms with Gasteiger partial charge in [-0.3, -0.25) is 4.79 Å². The van der Waals surface area contributed by atoms with Gasteiger partial charge in [-0.1, -0.05) is 12.8 Å². The first-order valence-electron chi connectivity index (χ1n) is 6.75. The predicted molar refractivity (Wildman–Crippen MR) is 71.8 cm³/mol. The lowest BCUT2D eigenvalue weighted by molar-refractivity contribution is -0.139. The molecule has 0 bridgehead atoms. The molecule has 1 aromatic rings. The van der Waals surface area contributed by atoms with Crippen molar-refractivity contribution in [2.45, 2.75) is 37.9 Å². The van der Waals surface area contributed by atoms with Crippen molar-refractivity contribution in [3.63, 3.8) is 0 Å². The highest BCUT2D eigenvalue weighted by Gasteiger charge is 2.34. The van der Waals surface area contributed by atoms with Gasteiger partial charge in [0.1, 0.15) is 5.75 Å². The van der Waals surface area contributed by atoms with Crippen LogP contribution in [-0.4, -0.2) is 18.6 Å². The standard InChI is InChI=1S/C14H17F3N2O2/c15-14(16,17)11-7-9(18)5-6-12(11)21-8-13(20)19-10-3-1-2-4-10/h5-7,10H,1-4,8,18H2,(H,19,20). The number of carbonyl (C=O) groups is 1. The average Bonchev–Trinajstić information content (AvgIpc) is 2.89. The van der Waals surface area contributed by atoms with Gasteiger partial charge in [0.05, 0.1) is 5.56 Å². The van der Waals surface area contributed by atoms with Crippen molar-refractivity contribution in [2.75, 3.05) is 12.3 Å².